The van der Waals surface area contributed by atoms with Crippen molar-refractivity contribution in [2.45, 2.75) is 12.2 Å². The first-order valence-electron chi connectivity index (χ1n) is 5.97. The summed E-state index contributed by atoms with van der Waals surface area (Å²) in [6.07, 6.45) is -1.58. The van der Waals surface area contributed by atoms with Gasteiger partial charge in [-0.2, -0.15) is 0 Å². The second-order valence-electron chi connectivity index (χ2n) is 4.13. The number of hydrogen-bond donors (Lipinski definition) is 2. The molecular weight excluding hydrogens is 308 g/mol. The van der Waals surface area contributed by atoms with Crippen LogP contribution in [0.2, 0.25) is 0 Å². The monoisotopic (exact) mass is 322 g/mol. The van der Waals surface area contributed by atoms with E-state index in [9.17, 15) is 10.2 Å². The Kier molecular flexibility index (Phi) is 4.96. The smallest absolute Gasteiger partial charge is 0.152 e. The highest BCUT2D eigenvalue weighted by Gasteiger charge is 2.23. The minimum atomic E-state index is -0.977. The van der Waals surface area contributed by atoms with Gasteiger partial charge in [0.25, 0.3) is 0 Å². The molecule has 0 saturated heterocycles. The Morgan fingerprint density at radius 1 is 1.00 bits per heavy atom. The maximum Gasteiger partial charge on any atom is 0.152 e. The maximum absolute atomic E-state index is 9.93. The molecule has 0 saturated carbocycles. The van der Waals surface area contributed by atoms with Crippen molar-refractivity contribution in [1.82, 2.24) is 0 Å². The van der Waals surface area contributed by atoms with E-state index >= 15 is 0 Å². The van der Waals surface area contributed by atoms with E-state index in [2.05, 4.69) is 15.9 Å². The molecule has 2 N–H and O–H groups in total. The van der Waals surface area contributed by atoms with Gasteiger partial charge in [-0.3, -0.25) is 0 Å². The highest BCUT2D eigenvalue weighted by atomic mass is 79.9. The maximum atomic E-state index is 9.93. The van der Waals surface area contributed by atoms with Crippen molar-refractivity contribution < 1.29 is 14.9 Å². The first-order valence-corrected chi connectivity index (χ1v) is 6.76. The van der Waals surface area contributed by atoms with Crippen LogP contribution < -0.4 is 4.74 Å². The van der Waals surface area contributed by atoms with Crippen molar-refractivity contribution in [1.29, 1.82) is 0 Å². The van der Waals surface area contributed by atoms with E-state index in [1.54, 1.807) is 0 Å². The zero-order valence-corrected chi connectivity index (χ0v) is 11.8. The van der Waals surface area contributed by atoms with Gasteiger partial charge in [0.15, 0.2) is 6.10 Å². The summed E-state index contributed by atoms with van der Waals surface area (Å²) in [7, 11) is 0. The highest BCUT2D eigenvalue weighted by Crippen LogP contribution is 2.30. The van der Waals surface area contributed by atoms with Crippen molar-refractivity contribution in [3.8, 4) is 5.75 Å². The molecule has 19 heavy (non-hydrogen) atoms. The normalized spacial score (nSPS) is 13.8. The van der Waals surface area contributed by atoms with Gasteiger partial charge in [0.1, 0.15) is 11.9 Å². The molecule has 0 spiro atoms. The minimum absolute atomic E-state index is 0.357. The number of halogens is 1. The molecule has 2 rings (SSSR count). The van der Waals surface area contributed by atoms with Crippen LogP contribution in [0.25, 0.3) is 0 Å². The molecule has 2 atom stereocenters. The number of hydrogen-bond acceptors (Lipinski definition) is 3. The second-order valence-corrected chi connectivity index (χ2v) is 4.98. The topological polar surface area (TPSA) is 49.7 Å². The quantitative estimate of drug-likeness (QED) is 0.889. The molecule has 100 valence electrons. The molecule has 2 aromatic carbocycles. The molecule has 2 aromatic rings. The molecule has 0 aromatic heterocycles. The summed E-state index contributed by atoms with van der Waals surface area (Å²) in [5.74, 6) is 0.629. The van der Waals surface area contributed by atoms with Crippen LogP contribution in [-0.2, 0) is 0 Å². The third kappa shape index (κ3) is 3.56. The number of para-hydroxylation sites is 1. The van der Waals surface area contributed by atoms with Crippen molar-refractivity contribution in [3.63, 3.8) is 0 Å². The Morgan fingerprint density at radius 3 is 2.26 bits per heavy atom. The van der Waals surface area contributed by atoms with Gasteiger partial charge >= 0.3 is 0 Å². The Bertz CT molecular complexity index is 516. The van der Waals surface area contributed by atoms with Gasteiger partial charge in [0.2, 0.25) is 0 Å². The lowest BCUT2D eigenvalue weighted by Gasteiger charge is -2.24. The predicted octanol–water partition coefficient (Wildman–Crippen LogP) is 2.92. The van der Waals surface area contributed by atoms with Gasteiger partial charge in [-0.25, -0.2) is 0 Å². The van der Waals surface area contributed by atoms with E-state index < -0.39 is 12.2 Å². The number of aliphatic hydroxyl groups excluding tert-OH is 2. The van der Waals surface area contributed by atoms with E-state index in [4.69, 9.17) is 4.74 Å². The lowest BCUT2D eigenvalue weighted by molar-refractivity contribution is -0.00221. The Morgan fingerprint density at radius 2 is 1.63 bits per heavy atom. The highest BCUT2D eigenvalue weighted by molar-refractivity contribution is 9.10. The summed E-state index contributed by atoms with van der Waals surface area (Å²) in [6, 6.07) is 16.8. The number of aliphatic hydroxyl groups is 2. The van der Waals surface area contributed by atoms with Crippen molar-refractivity contribution in [3.05, 3.63) is 64.6 Å². The Hall–Kier alpha value is -1.36. The van der Waals surface area contributed by atoms with Crippen molar-refractivity contribution >= 4 is 15.9 Å². The van der Waals surface area contributed by atoms with E-state index in [-0.39, 0.29) is 6.61 Å². The summed E-state index contributed by atoms with van der Waals surface area (Å²) in [6.45, 7) is -0.357. The van der Waals surface area contributed by atoms with Gasteiger partial charge < -0.3 is 14.9 Å². The van der Waals surface area contributed by atoms with Gasteiger partial charge in [-0.15, -0.1) is 0 Å². The standard InChI is InChI=1S/C15H15BrO3/c16-12-8-4-5-9-14(12)19-15(13(18)10-17)11-6-2-1-3-7-11/h1-9,13,15,17-18H,10H2/t13-,15+/m0/s1. The average molecular weight is 323 g/mol. The SMILES string of the molecule is OC[C@H](O)[C@H](Oc1ccccc1Br)c1ccccc1. The predicted molar refractivity (Wildman–Crippen MR) is 77.0 cm³/mol. The number of benzene rings is 2. The van der Waals surface area contributed by atoms with E-state index in [0.717, 1.165) is 10.0 Å². The number of rotatable bonds is 5. The summed E-state index contributed by atoms with van der Waals surface area (Å²) in [5.41, 5.74) is 0.819. The second kappa shape index (κ2) is 6.70. The van der Waals surface area contributed by atoms with Crippen LogP contribution in [0.5, 0.6) is 5.75 Å². The lowest BCUT2D eigenvalue weighted by atomic mass is 10.0. The molecule has 0 aliphatic heterocycles. The van der Waals surface area contributed by atoms with Gasteiger partial charge in [0, 0.05) is 0 Å². The fourth-order valence-electron chi connectivity index (χ4n) is 1.78. The van der Waals surface area contributed by atoms with Crippen LogP contribution in [-0.4, -0.2) is 22.9 Å². The van der Waals surface area contributed by atoms with Gasteiger partial charge in [0.05, 0.1) is 11.1 Å². The molecule has 0 aliphatic rings. The largest absolute Gasteiger partial charge is 0.482 e. The van der Waals surface area contributed by atoms with Gasteiger partial charge in [-0.05, 0) is 33.6 Å². The van der Waals surface area contributed by atoms with E-state index in [0.29, 0.717) is 5.75 Å². The molecule has 4 heteroatoms. The summed E-state index contributed by atoms with van der Waals surface area (Å²) in [4.78, 5) is 0. The van der Waals surface area contributed by atoms with Crippen molar-refractivity contribution in [2.24, 2.45) is 0 Å². The third-order valence-corrected chi connectivity index (χ3v) is 3.41. The zero-order chi connectivity index (χ0) is 13.7. The summed E-state index contributed by atoms with van der Waals surface area (Å²) < 4.78 is 6.63. The van der Waals surface area contributed by atoms with Crippen LogP contribution in [0.4, 0.5) is 0 Å². The molecule has 0 radical (unpaired) electrons. The van der Waals surface area contributed by atoms with Gasteiger partial charge in [-0.1, -0.05) is 42.5 Å². The van der Waals surface area contributed by atoms with Crippen LogP contribution >= 0.6 is 15.9 Å². The van der Waals surface area contributed by atoms with Crippen LogP contribution in [0.15, 0.2) is 59.1 Å². The zero-order valence-electron chi connectivity index (χ0n) is 10.2. The fourth-order valence-corrected chi connectivity index (χ4v) is 2.16. The molecule has 0 unspecified atom stereocenters. The molecule has 0 bridgehead atoms. The van der Waals surface area contributed by atoms with Crippen molar-refractivity contribution in [2.75, 3.05) is 6.61 Å². The van der Waals surface area contributed by atoms with Crippen LogP contribution in [0, 0.1) is 0 Å². The summed E-state index contributed by atoms with van der Waals surface area (Å²) >= 11 is 3.40. The molecule has 0 amide bonds. The van der Waals surface area contributed by atoms with Crippen LogP contribution in [0.1, 0.15) is 11.7 Å². The number of ether oxygens (including phenoxy) is 1. The molecule has 0 heterocycles. The Labute approximate surface area is 120 Å². The van der Waals surface area contributed by atoms with Crippen LogP contribution in [0.3, 0.4) is 0 Å². The molecule has 0 aliphatic carbocycles. The summed E-state index contributed by atoms with van der Waals surface area (Å²) in [5, 5.41) is 19.1. The Balaban J connectivity index is 2.27. The average Bonchev–Trinajstić information content (AvgIpc) is 2.46. The fraction of sp³-hybridized carbons (Fsp3) is 0.200. The third-order valence-electron chi connectivity index (χ3n) is 2.76. The molecule has 3 nitrogen and oxygen atoms in total. The van der Waals surface area contributed by atoms with E-state index in [1.807, 2.05) is 54.6 Å². The minimum Gasteiger partial charge on any atom is -0.482 e. The van der Waals surface area contributed by atoms with E-state index in [1.165, 1.54) is 0 Å². The molecular formula is C15H15BrO3. The first-order chi connectivity index (χ1) is 9.22. The first kappa shape index (κ1) is 14.1. The lowest BCUT2D eigenvalue weighted by Crippen LogP contribution is -2.27. The molecule has 0 fully saturated rings.